The zero-order valence-corrected chi connectivity index (χ0v) is 26.0. The number of benzene rings is 4. The zero-order valence-electron chi connectivity index (χ0n) is 24.4. The third-order valence-electron chi connectivity index (χ3n) is 9.21. The number of rotatable bonds is 5. The Morgan fingerprint density at radius 3 is 1.30 bits per heavy atom. The van der Waals surface area contributed by atoms with Gasteiger partial charge in [0.1, 0.15) is 47.1 Å². The molecule has 0 spiro atoms. The van der Waals surface area contributed by atoms with Gasteiger partial charge < -0.3 is 0 Å². The van der Waals surface area contributed by atoms with Crippen molar-refractivity contribution in [1.82, 2.24) is 0 Å². The molecule has 1 atom stereocenters. The molecule has 0 saturated carbocycles. The molecular formula is C32H14BBrF15N. The molecule has 262 valence electrons. The van der Waals surface area contributed by atoms with E-state index < -0.39 is 122 Å². The lowest BCUT2D eigenvalue weighted by Gasteiger charge is -2.45. The lowest BCUT2D eigenvalue weighted by molar-refractivity contribution is -0.707. The van der Waals surface area contributed by atoms with Gasteiger partial charge in [-0.15, -0.1) is 22.7 Å². The van der Waals surface area contributed by atoms with Gasteiger partial charge in [0.05, 0.1) is 5.39 Å². The Balaban J connectivity index is 1.91. The van der Waals surface area contributed by atoms with Gasteiger partial charge in [-0.1, -0.05) is 6.07 Å². The molecule has 0 bridgehead atoms. The second-order valence-corrected chi connectivity index (χ2v) is 12.5. The van der Waals surface area contributed by atoms with Gasteiger partial charge in [0, 0.05) is 29.4 Å². The molecule has 2 heterocycles. The first-order valence-corrected chi connectivity index (χ1v) is 15.1. The maximum Gasteiger partial charge on any atom is 0.213 e. The SMILES string of the molecule is Fc1c(F)c(F)c([B-](CC2CCCc3ccc4c(Br)cccc4[n+]32)(c2c(F)c(F)c(F)c(F)c2F)c2c(F)c(F)c(F)c(F)c2F)c(F)c1F. The predicted molar refractivity (Wildman–Crippen MR) is 152 cm³/mol. The predicted octanol–water partition coefficient (Wildman–Crippen LogP) is 8.02. The summed E-state index contributed by atoms with van der Waals surface area (Å²) in [5, 5.41) is 0.352. The largest absolute Gasteiger partial charge is 0.213 e. The molecule has 50 heavy (non-hydrogen) atoms. The van der Waals surface area contributed by atoms with Crippen molar-refractivity contribution in [2.45, 2.75) is 31.6 Å². The molecule has 0 fully saturated rings. The fraction of sp³-hybridized carbons (Fsp3) is 0.156. The third kappa shape index (κ3) is 4.91. The maximum atomic E-state index is 16.0. The van der Waals surface area contributed by atoms with E-state index in [2.05, 4.69) is 15.9 Å². The van der Waals surface area contributed by atoms with Crippen LogP contribution in [0.25, 0.3) is 10.9 Å². The number of halogens is 16. The summed E-state index contributed by atoms with van der Waals surface area (Å²) in [7, 11) is 0. The topological polar surface area (TPSA) is 3.88 Å². The van der Waals surface area contributed by atoms with Gasteiger partial charge in [-0.2, -0.15) is 4.57 Å². The molecule has 0 saturated heterocycles. The van der Waals surface area contributed by atoms with Crippen LogP contribution in [0.15, 0.2) is 34.8 Å². The van der Waals surface area contributed by atoms with Gasteiger partial charge in [0.2, 0.25) is 5.52 Å². The van der Waals surface area contributed by atoms with Crippen molar-refractivity contribution >= 4 is 49.4 Å². The molecule has 6 rings (SSSR count). The molecule has 0 amide bonds. The normalized spacial score (nSPS) is 14.8. The van der Waals surface area contributed by atoms with Crippen LogP contribution in [0.2, 0.25) is 6.32 Å². The monoisotopic (exact) mass is 787 g/mol. The van der Waals surface area contributed by atoms with Crippen molar-refractivity contribution in [3.05, 3.63) is 128 Å². The van der Waals surface area contributed by atoms with Crippen molar-refractivity contribution in [2.75, 3.05) is 0 Å². The van der Waals surface area contributed by atoms with Gasteiger partial charge in [-0.05, 0) is 34.5 Å². The van der Waals surface area contributed by atoms with Crippen LogP contribution < -0.4 is 21.0 Å². The van der Waals surface area contributed by atoms with E-state index in [9.17, 15) is 39.5 Å². The van der Waals surface area contributed by atoms with Crippen molar-refractivity contribution in [3.63, 3.8) is 0 Å². The number of pyridine rings is 1. The average molecular weight is 788 g/mol. The number of fused-ring (bicyclic) bond motifs is 3. The number of aryl methyl sites for hydroxylation is 1. The molecule has 5 aromatic rings. The quantitative estimate of drug-likeness (QED) is 0.0559. The fourth-order valence-corrected chi connectivity index (χ4v) is 7.67. The van der Waals surface area contributed by atoms with Gasteiger partial charge in [-0.3, -0.25) is 0 Å². The van der Waals surface area contributed by atoms with E-state index in [4.69, 9.17) is 0 Å². The number of hydrogen-bond donors (Lipinski definition) is 0. The Bertz CT molecular complexity index is 2020. The van der Waals surface area contributed by atoms with Crippen LogP contribution in [-0.4, -0.2) is 6.15 Å². The fourth-order valence-electron chi connectivity index (χ4n) is 7.18. The molecule has 1 aromatic heterocycles. The molecule has 1 nitrogen and oxygen atoms in total. The van der Waals surface area contributed by atoms with Crippen LogP contribution in [0, 0.1) is 87.3 Å². The first-order chi connectivity index (χ1) is 23.5. The maximum absolute atomic E-state index is 16.0. The first kappa shape index (κ1) is 35.6. The summed E-state index contributed by atoms with van der Waals surface area (Å²) in [6, 6.07) is 5.75. The Labute approximate surface area is 279 Å². The minimum atomic E-state index is -5.68. The van der Waals surface area contributed by atoms with Crippen LogP contribution in [0.5, 0.6) is 0 Å². The molecule has 0 aliphatic carbocycles. The highest BCUT2D eigenvalue weighted by Gasteiger charge is 2.50. The summed E-state index contributed by atoms with van der Waals surface area (Å²) >= 11 is 3.28. The van der Waals surface area contributed by atoms with E-state index in [0.29, 0.717) is 9.86 Å². The van der Waals surface area contributed by atoms with Crippen molar-refractivity contribution in [2.24, 2.45) is 0 Å². The summed E-state index contributed by atoms with van der Waals surface area (Å²) in [6.45, 7) is 0. The van der Waals surface area contributed by atoms with Gasteiger partial charge >= 0.3 is 0 Å². The van der Waals surface area contributed by atoms with Crippen LogP contribution in [0.4, 0.5) is 65.9 Å². The van der Waals surface area contributed by atoms with E-state index in [1.54, 1.807) is 12.1 Å². The third-order valence-corrected chi connectivity index (χ3v) is 9.90. The van der Waals surface area contributed by atoms with Crippen molar-refractivity contribution in [1.29, 1.82) is 0 Å². The molecule has 0 radical (unpaired) electrons. The molecule has 4 aromatic carbocycles. The van der Waals surface area contributed by atoms with E-state index >= 15 is 26.3 Å². The lowest BCUT2D eigenvalue weighted by Crippen LogP contribution is -2.74. The lowest BCUT2D eigenvalue weighted by atomic mass is 9.13. The van der Waals surface area contributed by atoms with Gasteiger partial charge in [0.15, 0.2) is 58.0 Å². The zero-order chi connectivity index (χ0) is 36.7. The van der Waals surface area contributed by atoms with Crippen LogP contribution in [0.3, 0.4) is 0 Å². The van der Waals surface area contributed by atoms with Gasteiger partial charge in [0.25, 0.3) is 0 Å². The van der Waals surface area contributed by atoms with Crippen LogP contribution >= 0.6 is 15.9 Å². The number of hydrogen-bond acceptors (Lipinski definition) is 0. The van der Waals surface area contributed by atoms with E-state index in [0.717, 1.165) is 0 Å². The van der Waals surface area contributed by atoms with Crippen LogP contribution in [0.1, 0.15) is 24.6 Å². The van der Waals surface area contributed by atoms with E-state index in [-0.39, 0.29) is 30.5 Å². The number of nitrogens with zero attached hydrogens (tertiary/aromatic N) is 1. The highest BCUT2D eigenvalue weighted by molar-refractivity contribution is 9.10. The summed E-state index contributed by atoms with van der Waals surface area (Å²) in [5.41, 5.74) is -7.34. The molecule has 18 heteroatoms. The summed E-state index contributed by atoms with van der Waals surface area (Å²) in [5.74, 6) is -45.0. The smallest absolute Gasteiger partial charge is 0.207 e. The first-order valence-electron chi connectivity index (χ1n) is 14.3. The highest BCUT2D eigenvalue weighted by atomic mass is 79.9. The van der Waals surface area contributed by atoms with E-state index in [1.165, 1.54) is 22.8 Å². The molecular weight excluding hydrogens is 774 g/mol. The Morgan fingerprint density at radius 1 is 0.520 bits per heavy atom. The minimum absolute atomic E-state index is 0.0294. The Kier molecular flexibility index (Phi) is 8.92. The summed E-state index contributed by atoms with van der Waals surface area (Å²) < 4.78 is 230. The number of aromatic nitrogens is 1. The Morgan fingerprint density at radius 2 is 0.900 bits per heavy atom. The standard InChI is InChI=1S/C32H14BBrF15N/c34-13-5-2-6-14-12(13)8-7-10-3-1-4-11(50(10)14)9-33(15-18(35)24(41)30(47)25(42)19(15)36,16-20(37)26(43)31(48)27(44)21(16)38)17-22(39)28(45)32(49)29(46)23(17)40/h2,5-8,11H,1,3-4,9H2. The second kappa shape index (κ2) is 12.5. The van der Waals surface area contributed by atoms with Crippen LogP contribution in [-0.2, 0) is 6.42 Å². The summed E-state index contributed by atoms with van der Waals surface area (Å²) in [4.78, 5) is 0. The van der Waals surface area contributed by atoms with Crippen molar-refractivity contribution in [3.8, 4) is 0 Å². The van der Waals surface area contributed by atoms with Crippen molar-refractivity contribution < 1.29 is 70.4 Å². The molecule has 1 aliphatic heterocycles. The second-order valence-electron chi connectivity index (χ2n) is 11.6. The molecule has 0 N–H and O–H groups in total. The average Bonchev–Trinajstić information content (AvgIpc) is 3.10. The highest BCUT2D eigenvalue weighted by Crippen LogP contribution is 2.35. The van der Waals surface area contributed by atoms with E-state index in [1.807, 2.05) is 0 Å². The van der Waals surface area contributed by atoms with Gasteiger partial charge in [-0.25, -0.2) is 65.9 Å². The Hall–Kier alpha value is -4.22. The summed E-state index contributed by atoms with van der Waals surface area (Å²) in [6.07, 6.45) is -7.55. The minimum Gasteiger partial charge on any atom is -0.207 e. The molecule has 1 aliphatic rings. The molecule has 1 unspecified atom stereocenters.